The maximum Gasteiger partial charge on any atom is 0.271 e. The van der Waals surface area contributed by atoms with Gasteiger partial charge in [-0.3, -0.25) is 4.79 Å². The zero-order chi connectivity index (χ0) is 14.8. The lowest BCUT2D eigenvalue weighted by Gasteiger charge is -2.25. The van der Waals surface area contributed by atoms with E-state index in [1.165, 1.54) is 5.38 Å². The Labute approximate surface area is 121 Å². The molecule has 0 saturated heterocycles. The molecule has 0 aromatic carbocycles. The molecule has 1 aromatic rings. The molecule has 1 N–H and O–H groups in total. The number of carbonyl (C=O) groups excluding carboxylic acids is 1. The molecule has 0 aliphatic heterocycles. The zero-order valence-electron chi connectivity index (χ0n) is 11.1. The van der Waals surface area contributed by atoms with E-state index in [0.29, 0.717) is 17.7 Å². The maximum atomic E-state index is 12.1. The molecule has 108 valence electrons. The molecule has 1 heterocycles. The molecule has 1 aromatic heterocycles. The molecule has 5 nitrogen and oxygen atoms in total. The van der Waals surface area contributed by atoms with Gasteiger partial charge in [0.05, 0.1) is 17.7 Å². The zero-order valence-corrected chi connectivity index (χ0v) is 13.5. The van der Waals surface area contributed by atoms with Gasteiger partial charge in [0.15, 0.2) is 0 Å². The number of carbonyl (C=O) groups is 1. The molecule has 0 fully saturated rings. The van der Waals surface area contributed by atoms with Gasteiger partial charge in [-0.25, -0.2) is 8.42 Å². The predicted octanol–water partition coefficient (Wildman–Crippen LogP) is 2.14. The minimum Gasteiger partial charge on any atom is -0.382 e. The average molecular weight is 326 g/mol. The summed E-state index contributed by atoms with van der Waals surface area (Å²) in [5.41, 5.74) is 0.138. The van der Waals surface area contributed by atoms with Gasteiger partial charge in [0, 0.05) is 23.2 Å². The first kappa shape index (κ1) is 16.4. The number of rotatable bonds is 5. The largest absolute Gasteiger partial charge is 0.382 e. The third-order valence-electron chi connectivity index (χ3n) is 2.42. The third-order valence-corrected chi connectivity index (χ3v) is 5.72. The summed E-state index contributed by atoms with van der Waals surface area (Å²) in [7, 11) is 3.03. The van der Waals surface area contributed by atoms with Crippen LogP contribution in [-0.2, 0) is 13.8 Å². The van der Waals surface area contributed by atoms with Crippen molar-refractivity contribution < 1.29 is 17.9 Å². The van der Waals surface area contributed by atoms with Crippen molar-refractivity contribution in [1.82, 2.24) is 5.32 Å². The molecule has 1 amide bonds. The summed E-state index contributed by atoms with van der Waals surface area (Å²) >= 11 is 0.939. The number of nitrogens with one attached hydrogen (secondary N) is 1. The molecular formula is C11H16ClNO4S2. The second-order valence-electron chi connectivity index (χ2n) is 4.77. The van der Waals surface area contributed by atoms with Crippen molar-refractivity contribution in [3.8, 4) is 0 Å². The Morgan fingerprint density at radius 3 is 2.53 bits per heavy atom. The first-order valence-electron chi connectivity index (χ1n) is 5.42. The van der Waals surface area contributed by atoms with E-state index >= 15 is 0 Å². The topological polar surface area (TPSA) is 72.5 Å². The Morgan fingerprint density at radius 2 is 2.11 bits per heavy atom. The van der Waals surface area contributed by atoms with Crippen LogP contribution in [0.1, 0.15) is 29.8 Å². The van der Waals surface area contributed by atoms with Gasteiger partial charge in [-0.15, -0.1) is 11.3 Å². The van der Waals surface area contributed by atoms with Gasteiger partial charge in [0.2, 0.25) is 0 Å². The summed E-state index contributed by atoms with van der Waals surface area (Å²) < 4.78 is 27.6. The molecule has 0 saturated carbocycles. The van der Waals surface area contributed by atoms with Crippen molar-refractivity contribution in [3.63, 3.8) is 0 Å². The van der Waals surface area contributed by atoms with E-state index < -0.39 is 14.6 Å². The van der Waals surface area contributed by atoms with Crippen LogP contribution in [0.25, 0.3) is 0 Å². The molecule has 0 bridgehead atoms. The van der Waals surface area contributed by atoms with Crippen LogP contribution in [0.5, 0.6) is 0 Å². The van der Waals surface area contributed by atoms with Crippen LogP contribution in [0.2, 0.25) is 0 Å². The molecule has 0 aliphatic carbocycles. The highest BCUT2D eigenvalue weighted by Crippen LogP contribution is 2.29. The van der Waals surface area contributed by atoms with Crippen LogP contribution < -0.4 is 5.32 Å². The molecule has 0 atom stereocenters. The van der Waals surface area contributed by atoms with Gasteiger partial charge in [-0.05, 0) is 26.3 Å². The molecule has 0 spiro atoms. The molecule has 0 aliphatic rings. The molecular weight excluding hydrogens is 310 g/mol. The minimum atomic E-state index is -3.81. The third kappa shape index (κ3) is 4.17. The van der Waals surface area contributed by atoms with Gasteiger partial charge < -0.3 is 10.1 Å². The predicted molar refractivity (Wildman–Crippen MR) is 75.5 cm³/mol. The fourth-order valence-electron chi connectivity index (χ4n) is 1.63. The van der Waals surface area contributed by atoms with Crippen molar-refractivity contribution in [2.45, 2.75) is 30.5 Å². The normalized spacial score (nSPS) is 12.5. The summed E-state index contributed by atoms with van der Waals surface area (Å²) in [6, 6.07) is 0. The van der Waals surface area contributed by atoms with E-state index in [4.69, 9.17) is 15.4 Å². The minimum absolute atomic E-state index is 0.00358. The highest BCUT2D eigenvalue weighted by atomic mass is 35.7. The van der Waals surface area contributed by atoms with Crippen LogP contribution in [-0.4, -0.2) is 33.6 Å². The van der Waals surface area contributed by atoms with E-state index in [2.05, 4.69) is 5.32 Å². The summed E-state index contributed by atoms with van der Waals surface area (Å²) in [5, 5.41) is 4.27. The second-order valence-corrected chi connectivity index (χ2v) is 8.41. The summed E-state index contributed by atoms with van der Waals surface area (Å²) in [6.45, 7) is 5.54. The number of halogens is 1. The average Bonchev–Trinajstić information content (AvgIpc) is 2.58. The van der Waals surface area contributed by atoms with Crippen molar-refractivity contribution >= 4 is 37.0 Å². The van der Waals surface area contributed by atoms with E-state index in [1.54, 1.807) is 14.0 Å². The molecule has 0 radical (unpaired) electrons. The standard InChI is InChI=1S/C11H16ClNO4S2/c1-7-8(5-18-10(7)19(12,15)16)9(14)13-11(2,3)6-17-4/h5H,6H2,1-4H3,(H,13,14). The first-order chi connectivity index (χ1) is 8.58. The van der Waals surface area contributed by atoms with Crippen molar-refractivity contribution in [1.29, 1.82) is 0 Å². The molecule has 19 heavy (non-hydrogen) atoms. The van der Waals surface area contributed by atoms with Crippen LogP contribution in [0, 0.1) is 6.92 Å². The SMILES string of the molecule is COCC(C)(C)NC(=O)c1csc(S(=O)(=O)Cl)c1C. The summed E-state index contributed by atoms with van der Waals surface area (Å²) in [5.74, 6) is -0.345. The Hall–Kier alpha value is -0.630. The lowest BCUT2D eigenvalue weighted by molar-refractivity contribution is 0.0819. The van der Waals surface area contributed by atoms with Gasteiger partial charge >= 0.3 is 0 Å². The van der Waals surface area contributed by atoms with Gasteiger partial charge in [0.1, 0.15) is 4.21 Å². The molecule has 8 heteroatoms. The van der Waals surface area contributed by atoms with E-state index in [1.807, 2.05) is 13.8 Å². The van der Waals surface area contributed by atoms with E-state index in [9.17, 15) is 13.2 Å². The Balaban J connectivity index is 3.00. The summed E-state index contributed by atoms with van der Waals surface area (Å²) in [4.78, 5) is 12.1. The van der Waals surface area contributed by atoms with Gasteiger partial charge in [-0.1, -0.05) is 0 Å². The van der Waals surface area contributed by atoms with E-state index in [-0.39, 0.29) is 10.1 Å². The Kier molecular flexibility index (Phi) is 5.00. The fourth-order valence-corrected chi connectivity index (χ4v) is 4.18. The number of hydrogen-bond donors (Lipinski definition) is 1. The highest BCUT2D eigenvalue weighted by Gasteiger charge is 2.26. The van der Waals surface area contributed by atoms with Crippen LogP contribution in [0.15, 0.2) is 9.59 Å². The number of ether oxygens (including phenoxy) is 1. The van der Waals surface area contributed by atoms with Crippen LogP contribution >= 0.6 is 22.0 Å². The van der Waals surface area contributed by atoms with E-state index in [0.717, 1.165) is 11.3 Å². The number of amides is 1. The Morgan fingerprint density at radius 1 is 1.53 bits per heavy atom. The first-order valence-corrected chi connectivity index (χ1v) is 8.61. The smallest absolute Gasteiger partial charge is 0.271 e. The van der Waals surface area contributed by atoms with Crippen molar-refractivity contribution in [2.75, 3.05) is 13.7 Å². The lowest BCUT2D eigenvalue weighted by Crippen LogP contribution is -2.46. The number of thiophene rings is 1. The van der Waals surface area contributed by atoms with Crippen LogP contribution in [0.3, 0.4) is 0 Å². The van der Waals surface area contributed by atoms with Gasteiger partial charge in [-0.2, -0.15) is 0 Å². The second kappa shape index (κ2) is 5.78. The fraction of sp³-hybridized carbons (Fsp3) is 0.545. The highest BCUT2D eigenvalue weighted by molar-refractivity contribution is 8.15. The monoisotopic (exact) mass is 325 g/mol. The summed E-state index contributed by atoms with van der Waals surface area (Å²) in [6.07, 6.45) is 0. The van der Waals surface area contributed by atoms with Crippen molar-refractivity contribution in [2.24, 2.45) is 0 Å². The van der Waals surface area contributed by atoms with Crippen LogP contribution in [0.4, 0.5) is 0 Å². The molecule has 1 rings (SSSR count). The lowest BCUT2D eigenvalue weighted by atomic mass is 10.1. The quantitative estimate of drug-likeness (QED) is 0.842. The van der Waals surface area contributed by atoms with Gasteiger partial charge in [0.25, 0.3) is 15.0 Å². The Bertz CT molecular complexity index is 578. The maximum absolute atomic E-state index is 12.1. The molecule has 0 unspecified atom stereocenters. The number of methoxy groups -OCH3 is 1. The van der Waals surface area contributed by atoms with Crippen molar-refractivity contribution in [3.05, 3.63) is 16.5 Å². The number of hydrogen-bond acceptors (Lipinski definition) is 5.